The molecule has 28 heavy (non-hydrogen) atoms. The number of rotatable bonds is 6. The average Bonchev–Trinajstić information content (AvgIpc) is 3.24. The van der Waals surface area contributed by atoms with E-state index in [2.05, 4.69) is 49.7 Å². The molecule has 2 fully saturated rings. The first-order valence-corrected chi connectivity index (χ1v) is 10.8. The van der Waals surface area contributed by atoms with Crippen molar-refractivity contribution in [1.29, 1.82) is 0 Å². The quantitative estimate of drug-likeness (QED) is 0.773. The first-order valence-electron chi connectivity index (χ1n) is 10.8. The van der Waals surface area contributed by atoms with Crippen LogP contribution >= 0.6 is 0 Å². The summed E-state index contributed by atoms with van der Waals surface area (Å²) in [4.78, 5) is 21.3. The fraction of sp³-hybridized carbons (Fsp3) is 0.565. The van der Waals surface area contributed by atoms with Gasteiger partial charge in [0.1, 0.15) is 0 Å². The first kappa shape index (κ1) is 19.2. The zero-order valence-corrected chi connectivity index (χ0v) is 16.7. The van der Waals surface area contributed by atoms with Gasteiger partial charge in [0, 0.05) is 32.0 Å². The van der Waals surface area contributed by atoms with E-state index in [1.165, 1.54) is 18.4 Å². The van der Waals surface area contributed by atoms with Crippen LogP contribution in [0.3, 0.4) is 0 Å². The van der Waals surface area contributed by atoms with Gasteiger partial charge in [-0.1, -0.05) is 30.3 Å². The summed E-state index contributed by atoms with van der Waals surface area (Å²) in [6, 6.07) is 10.7. The molecule has 0 unspecified atom stereocenters. The number of benzene rings is 1. The Morgan fingerprint density at radius 3 is 2.36 bits per heavy atom. The molecule has 1 aromatic carbocycles. The Bertz CT molecular complexity index is 714. The average molecular weight is 381 g/mol. The minimum Gasteiger partial charge on any atom is -0.342 e. The maximum absolute atomic E-state index is 12.7. The summed E-state index contributed by atoms with van der Waals surface area (Å²) in [5.41, 5.74) is 1.42. The van der Waals surface area contributed by atoms with E-state index >= 15 is 0 Å². The lowest BCUT2D eigenvalue weighted by molar-refractivity contribution is -0.134. The van der Waals surface area contributed by atoms with Gasteiger partial charge in [0.2, 0.25) is 5.91 Å². The van der Waals surface area contributed by atoms with E-state index in [0.717, 1.165) is 52.0 Å². The molecule has 5 heteroatoms. The van der Waals surface area contributed by atoms with E-state index < -0.39 is 0 Å². The Kier molecular flexibility index (Phi) is 6.42. The molecule has 0 aliphatic carbocycles. The van der Waals surface area contributed by atoms with Gasteiger partial charge < -0.3 is 9.47 Å². The van der Waals surface area contributed by atoms with Crippen LogP contribution < -0.4 is 0 Å². The van der Waals surface area contributed by atoms with Crippen molar-refractivity contribution in [3.63, 3.8) is 0 Å². The fourth-order valence-corrected chi connectivity index (χ4v) is 4.65. The lowest BCUT2D eigenvalue weighted by Gasteiger charge is -2.36. The second-order valence-electron chi connectivity index (χ2n) is 8.49. The van der Waals surface area contributed by atoms with Gasteiger partial charge in [-0.2, -0.15) is 0 Å². The van der Waals surface area contributed by atoms with Gasteiger partial charge in [-0.15, -0.1) is 0 Å². The molecular weight excluding hydrogens is 348 g/mol. The zero-order valence-electron chi connectivity index (χ0n) is 16.7. The molecule has 5 nitrogen and oxygen atoms in total. The predicted molar refractivity (Wildman–Crippen MR) is 111 cm³/mol. The van der Waals surface area contributed by atoms with Crippen LogP contribution in [0, 0.1) is 11.8 Å². The number of carbonyl (C=O) groups excluding carboxylic acids is 1. The predicted octanol–water partition coefficient (Wildman–Crippen LogP) is 3.08. The molecule has 0 saturated carbocycles. The molecule has 0 radical (unpaired) electrons. The summed E-state index contributed by atoms with van der Waals surface area (Å²) in [6.45, 7) is 5.57. The number of amides is 1. The van der Waals surface area contributed by atoms with Gasteiger partial charge in [0.25, 0.3) is 0 Å². The molecule has 2 aromatic rings. The SMILES string of the molecule is O=C(CN1CCC(Cn2ccnc2)CC1)N1CCC(Cc2ccccc2)CC1. The number of nitrogens with zero attached hydrogens (tertiary/aromatic N) is 4. The normalized spacial score (nSPS) is 19.8. The monoisotopic (exact) mass is 380 g/mol. The number of likely N-dealkylation sites (tertiary alicyclic amines) is 2. The Balaban J connectivity index is 1.16. The number of piperidine rings is 2. The molecule has 1 aromatic heterocycles. The number of carbonyl (C=O) groups is 1. The third-order valence-electron chi connectivity index (χ3n) is 6.43. The third kappa shape index (κ3) is 5.22. The molecule has 1 amide bonds. The van der Waals surface area contributed by atoms with Crippen LogP contribution in [0.15, 0.2) is 49.1 Å². The van der Waals surface area contributed by atoms with E-state index in [1.54, 1.807) is 0 Å². The van der Waals surface area contributed by atoms with E-state index in [4.69, 9.17) is 0 Å². The van der Waals surface area contributed by atoms with Crippen molar-refractivity contribution in [3.8, 4) is 0 Å². The fourth-order valence-electron chi connectivity index (χ4n) is 4.65. The lowest BCUT2D eigenvalue weighted by Crippen LogP contribution is -2.46. The van der Waals surface area contributed by atoms with Gasteiger partial charge in [0.05, 0.1) is 12.9 Å². The van der Waals surface area contributed by atoms with Crippen LogP contribution in [-0.4, -0.2) is 58.0 Å². The maximum atomic E-state index is 12.7. The highest BCUT2D eigenvalue weighted by Crippen LogP contribution is 2.23. The minimum absolute atomic E-state index is 0.325. The molecule has 2 saturated heterocycles. The number of imidazole rings is 1. The van der Waals surface area contributed by atoms with Gasteiger partial charge in [-0.05, 0) is 62.6 Å². The van der Waals surface area contributed by atoms with Crippen LogP contribution in [0.1, 0.15) is 31.2 Å². The second-order valence-corrected chi connectivity index (χ2v) is 8.49. The maximum Gasteiger partial charge on any atom is 0.236 e. The molecule has 0 N–H and O–H groups in total. The minimum atomic E-state index is 0.325. The Morgan fingerprint density at radius 2 is 1.68 bits per heavy atom. The number of hydrogen-bond acceptors (Lipinski definition) is 3. The summed E-state index contributed by atoms with van der Waals surface area (Å²) in [7, 11) is 0. The number of aromatic nitrogens is 2. The summed E-state index contributed by atoms with van der Waals surface area (Å²) in [5, 5.41) is 0. The van der Waals surface area contributed by atoms with Crippen LogP contribution in [0.2, 0.25) is 0 Å². The summed E-state index contributed by atoms with van der Waals surface area (Å²) >= 11 is 0. The van der Waals surface area contributed by atoms with Crippen molar-refractivity contribution in [2.45, 2.75) is 38.6 Å². The van der Waals surface area contributed by atoms with Crippen molar-refractivity contribution in [2.75, 3.05) is 32.7 Å². The zero-order chi connectivity index (χ0) is 19.2. The Hall–Kier alpha value is -2.14. The standard InChI is InChI=1S/C23H32N4O/c28-23(18-25-11-6-22(7-12-25)17-26-15-10-24-19-26)27-13-8-21(9-14-27)16-20-4-2-1-3-5-20/h1-5,10,15,19,21-22H,6-9,11-14,16-18H2. The Morgan fingerprint density at radius 1 is 0.964 bits per heavy atom. The van der Waals surface area contributed by atoms with Gasteiger partial charge >= 0.3 is 0 Å². The van der Waals surface area contributed by atoms with Gasteiger partial charge in [-0.25, -0.2) is 4.98 Å². The summed E-state index contributed by atoms with van der Waals surface area (Å²) < 4.78 is 2.17. The topological polar surface area (TPSA) is 41.4 Å². The molecule has 0 spiro atoms. The van der Waals surface area contributed by atoms with E-state index in [1.807, 2.05) is 18.7 Å². The van der Waals surface area contributed by atoms with Crippen LogP contribution in [-0.2, 0) is 17.8 Å². The van der Waals surface area contributed by atoms with E-state index in [-0.39, 0.29) is 0 Å². The van der Waals surface area contributed by atoms with Crippen molar-refractivity contribution in [1.82, 2.24) is 19.4 Å². The first-order chi connectivity index (χ1) is 13.8. The molecule has 0 bridgehead atoms. The molecular formula is C23H32N4O. The molecule has 150 valence electrons. The summed E-state index contributed by atoms with van der Waals surface area (Å²) in [5.74, 6) is 1.74. The highest BCUT2D eigenvalue weighted by molar-refractivity contribution is 5.78. The molecule has 2 aliphatic rings. The van der Waals surface area contributed by atoms with Crippen LogP contribution in [0.5, 0.6) is 0 Å². The van der Waals surface area contributed by atoms with E-state index in [0.29, 0.717) is 24.3 Å². The van der Waals surface area contributed by atoms with Gasteiger partial charge in [0.15, 0.2) is 0 Å². The second kappa shape index (κ2) is 9.37. The van der Waals surface area contributed by atoms with Crippen molar-refractivity contribution in [3.05, 3.63) is 54.6 Å². The molecule has 2 aliphatic heterocycles. The van der Waals surface area contributed by atoms with Crippen molar-refractivity contribution >= 4 is 5.91 Å². The Labute approximate surface area is 168 Å². The van der Waals surface area contributed by atoms with Crippen molar-refractivity contribution < 1.29 is 4.79 Å². The van der Waals surface area contributed by atoms with Gasteiger partial charge in [-0.3, -0.25) is 9.69 Å². The number of hydrogen-bond donors (Lipinski definition) is 0. The highest BCUT2D eigenvalue weighted by Gasteiger charge is 2.26. The van der Waals surface area contributed by atoms with Crippen LogP contribution in [0.4, 0.5) is 0 Å². The van der Waals surface area contributed by atoms with Crippen LogP contribution in [0.25, 0.3) is 0 Å². The molecule has 4 rings (SSSR count). The lowest BCUT2D eigenvalue weighted by atomic mass is 9.90. The molecule has 0 atom stereocenters. The molecule has 3 heterocycles. The third-order valence-corrected chi connectivity index (χ3v) is 6.43. The highest BCUT2D eigenvalue weighted by atomic mass is 16.2. The smallest absolute Gasteiger partial charge is 0.236 e. The van der Waals surface area contributed by atoms with E-state index in [9.17, 15) is 4.79 Å². The summed E-state index contributed by atoms with van der Waals surface area (Å²) in [6.07, 6.45) is 11.5. The largest absolute Gasteiger partial charge is 0.342 e. The van der Waals surface area contributed by atoms with Crippen molar-refractivity contribution in [2.24, 2.45) is 11.8 Å².